The molecule has 0 N–H and O–H groups in total. The summed E-state index contributed by atoms with van der Waals surface area (Å²) in [5.41, 5.74) is 2.11. The van der Waals surface area contributed by atoms with Crippen molar-refractivity contribution in [1.29, 1.82) is 0 Å². The second kappa shape index (κ2) is 6.46. The first-order valence-electron chi connectivity index (χ1n) is 8.17. The monoisotopic (exact) mass is 302 g/mol. The minimum absolute atomic E-state index is 0.0884. The van der Waals surface area contributed by atoms with Gasteiger partial charge in [0.25, 0.3) is 5.69 Å². The van der Waals surface area contributed by atoms with E-state index in [1.807, 2.05) is 13.0 Å². The summed E-state index contributed by atoms with van der Waals surface area (Å²) >= 11 is 0. The van der Waals surface area contributed by atoms with E-state index < -0.39 is 0 Å². The zero-order chi connectivity index (χ0) is 15.5. The Bertz CT molecular complexity index is 672. The number of hydrogen-bond donors (Lipinski definition) is 0. The van der Waals surface area contributed by atoms with Gasteiger partial charge < -0.3 is 4.42 Å². The van der Waals surface area contributed by atoms with Gasteiger partial charge in [-0.25, -0.2) is 4.98 Å². The molecular formula is C17H22N2O3. The molecule has 0 aliphatic heterocycles. The molecule has 0 amide bonds. The van der Waals surface area contributed by atoms with Crippen LogP contribution in [0.25, 0.3) is 11.1 Å². The van der Waals surface area contributed by atoms with E-state index in [-0.39, 0.29) is 10.6 Å². The number of pyridine rings is 1. The third-order valence-corrected chi connectivity index (χ3v) is 4.71. The fourth-order valence-corrected chi connectivity index (χ4v) is 3.58. The Hall–Kier alpha value is -1.91. The van der Waals surface area contributed by atoms with Gasteiger partial charge >= 0.3 is 0 Å². The van der Waals surface area contributed by atoms with E-state index in [9.17, 15) is 10.1 Å². The molecule has 1 aliphatic rings. The van der Waals surface area contributed by atoms with Crippen molar-refractivity contribution >= 4 is 16.8 Å². The van der Waals surface area contributed by atoms with Crippen LogP contribution >= 0.6 is 0 Å². The largest absolute Gasteiger partial charge is 0.459 e. The van der Waals surface area contributed by atoms with Gasteiger partial charge in [-0.2, -0.15) is 0 Å². The maximum atomic E-state index is 11.3. The van der Waals surface area contributed by atoms with Crippen molar-refractivity contribution in [1.82, 2.24) is 4.98 Å². The lowest BCUT2D eigenvalue weighted by Gasteiger charge is -2.21. The third-order valence-electron chi connectivity index (χ3n) is 4.71. The van der Waals surface area contributed by atoms with Crippen LogP contribution in [0.2, 0.25) is 0 Å². The van der Waals surface area contributed by atoms with Crippen molar-refractivity contribution in [2.24, 2.45) is 5.92 Å². The molecule has 1 fully saturated rings. The molecule has 0 unspecified atom stereocenters. The molecule has 5 nitrogen and oxygen atoms in total. The Morgan fingerprint density at radius 1 is 1.36 bits per heavy atom. The molecule has 5 heteroatoms. The molecule has 118 valence electrons. The minimum Gasteiger partial charge on any atom is -0.459 e. The summed E-state index contributed by atoms with van der Waals surface area (Å²) in [6.45, 7) is 1.85. The molecule has 0 aromatic carbocycles. The minimum atomic E-state index is -0.347. The van der Waals surface area contributed by atoms with Crippen LogP contribution in [0.3, 0.4) is 0 Å². The number of nitro groups is 1. The van der Waals surface area contributed by atoms with E-state index >= 15 is 0 Å². The zero-order valence-electron chi connectivity index (χ0n) is 13.0. The molecule has 3 rings (SSSR count). The number of aryl methyl sites for hydroxylation is 2. The molecule has 0 radical (unpaired) electrons. The maximum absolute atomic E-state index is 11.3. The summed E-state index contributed by atoms with van der Waals surface area (Å²) in [5.74, 6) is 1.54. The van der Waals surface area contributed by atoms with Crippen LogP contribution < -0.4 is 0 Å². The topological polar surface area (TPSA) is 69.2 Å². The molecule has 2 heterocycles. The fraction of sp³-hybridized carbons (Fsp3) is 0.588. The lowest BCUT2D eigenvalue weighted by atomic mass is 9.85. The molecule has 2 aromatic rings. The second-order valence-electron chi connectivity index (χ2n) is 6.35. The van der Waals surface area contributed by atoms with Crippen LogP contribution in [-0.4, -0.2) is 9.91 Å². The standard InChI is InChI=1S/C17H22N2O3/c1-12-10-15-17(22-12)14(16(11-18-15)19(20)21)9-5-8-13-6-3-2-4-7-13/h10-11,13H,2-9H2,1H3. The van der Waals surface area contributed by atoms with Crippen LogP contribution in [0.4, 0.5) is 5.69 Å². The second-order valence-corrected chi connectivity index (χ2v) is 6.35. The van der Waals surface area contributed by atoms with Crippen molar-refractivity contribution in [3.63, 3.8) is 0 Å². The third kappa shape index (κ3) is 3.13. The molecule has 1 aliphatic carbocycles. The summed E-state index contributed by atoms with van der Waals surface area (Å²) in [4.78, 5) is 15.1. The lowest BCUT2D eigenvalue weighted by Crippen LogP contribution is -2.07. The molecule has 0 spiro atoms. The highest BCUT2D eigenvalue weighted by Gasteiger charge is 2.21. The smallest absolute Gasteiger partial charge is 0.294 e. The van der Waals surface area contributed by atoms with E-state index in [4.69, 9.17) is 4.42 Å². The van der Waals surface area contributed by atoms with Gasteiger partial charge in [-0.15, -0.1) is 0 Å². The first-order valence-corrected chi connectivity index (χ1v) is 8.17. The molecule has 0 atom stereocenters. The average molecular weight is 302 g/mol. The molecule has 22 heavy (non-hydrogen) atoms. The van der Waals surface area contributed by atoms with Crippen LogP contribution in [0, 0.1) is 23.0 Å². The van der Waals surface area contributed by atoms with Crippen LogP contribution in [-0.2, 0) is 6.42 Å². The predicted octanol–water partition coefficient (Wildman–Crippen LogP) is 4.95. The SMILES string of the molecule is Cc1cc2ncc([N+](=O)[O-])c(CCCC3CCCCC3)c2o1. The summed E-state index contributed by atoms with van der Waals surface area (Å²) in [6.07, 6.45) is 10.8. The number of fused-ring (bicyclic) bond motifs is 1. The molecule has 0 bridgehead atoms. The number of furan rings is 1. The summed E-state index contributed by atoms with van der Waals surface area (Å²) in [7, 11) is 0. The fourth-order valence-electron chi connectivity index (χ4n) is 3.58. The van der Waals surface area contributed by atoms with Crippen molar-refractivity contribution in [2.45, 2.75) is 58.3 Å². The number of nitrogens with zero attached hydrogens (tertiary/aromatic N) is 2. The van der Waals surface area contributed by atoms with E-state index in [1.165, 1.54) is 38.3 Å². The Labute approximate surface area is 129 Å². The Kier molecular flexibility index (Phi) is 4.41. The van der Waals surface area contributed by atoms with Crippen molar-refractivity contribution < 1.29 is 9.34 Å². The summed E-state index contributed by atoms with van der Waals surface area (Å²) in [5, 5.41) is 11.3. The number of rotatable bonds is 5. The highest BCUT2D eigenvalue weighted by Crippen LogP contribution is 2.32. The van der Waals surface area contributed by atoms with E-state index in [2.05, 4.69) is 4.98 Å². The Morgan fingerprint density at radius 2 is 2.14 bits per heavy atom. The van der Waals surface area contributed by atoms with E-state index in [1.54, 1.807) is 0 Å². The summed E-state index contributed by atoms with van der Waals surface area (Å²) < 4.78 is 5.67. The van der Waals surface area contributed by atoms with E-state index in [0.717, 1.165) is 30.0 Å². The Balaban J connectivity index is 1.78. The zero-order valence-corrected chi connectivity index (χ0v) is 13.0. The summed E-state index contributed by atoms with van der Waals surface area (Å²) in [6, 6.07) is 1.84. The van der Waals surface area contributed by atoms with Crippen LogP contribution in [0.5, 0.6) is 0 Å². The predicted molar refractivity (Wildman–Crippen MR) is 84.9 cm³/mol. The van der Waals surface area contributed by atoms with Gasteiger partial charge in [0.15, 0.2) is 5.58 Å². The first-order chi connectivity index (χ1) is 10.6. The Morgan fingerprint density at radius 3 is 2.86 bits per heavy atom. The van der Waals surface area contributed by atoms with Crippen molar-refractivity contribution in [2.75, 3.05) is 0 Å². The van der Waals surface area contributed by atoms with Gasteiger partial charge in [0.2, 0.25) is 0 Å². The van der Waals surface area contributed by atoms with Gasteiger partial charge in [0.05, 0.1) is 10.5 Å². The maximum Gasteiger partial charge on any atom is 0.294 e. The normalized spacial score (nSPS) is 16.2. The highest BCUT2D eigenvalue weighted by atomic mass is 16.6. The average Bonchev–Trinajstić information content (AvgIpc) is 2.89. The van der Waals surface area contributed by atoms with E-state index in [0.29, 0.717) is 17.6 Å². The molecule has 2 aromatic heterocycles. The highest BCUT2D eigenvalue weighted by molar-refractivity contribution is 5.80. The van der Waals surface area contributed by atoms with Gasteiger partial charge in [-0.05, 0) is 25.7 Å². The first kappa shape index (κ1) is 15.0. The van der Waals surface area contributed by atoms with Gasteiger partial charge in [-0.1, -0.05) is 38.5 Å². The number of aromatic nitrogens is 1. The lowest BCUT2D eigenvalue weighted by molar-refractivity contribution is -0.385. The molecular weight excluding hydrogens is 280 g/mol. The van der Waals surface area contributed by atoms with Gasteiger partial charge in [0.1, 0.15) is 17.5 Å². The number of hydrogen-bond acceptors (Lipinski definition) is 4. The molecule has 0 saturated heterocycles. The van der Waals surface area contributed by atoms with Gasteiger partial charge in [-0.3, -0.25) is 10.1 Å². The molecule has 1 saturated carbocycles. The van der Waals surface area contributed by atoms with Crippen LogP contribution in [0.15, 0.2) is 16.7 Å². The van der Waals surface area contributed by atoms with Crippen molar-refractivity contribution in [3.8, 4) is 0 Å². The van der Waals surface area contributed by atoms with Crippen molar-refractivity contribution in [3.05, 3.63) is 33.7 Å². The van der Waals surface area contributed by atoms with Gasteiger partial charge in [0, 0.05) is 6.07 Å². The quantitative estimate of drug-likeness (QED) is 0.579. The van der Waals surface area contributed by atoms with Crippen LogP contribution in [0.1, 0.15) is 56.3 Å².